The highest BCUT2D eigenvalue weighted by atomic mass is 19.4. The summed E-state index contributed by atoms with van der Waals surface area (Å²) in [6.07, 6.45) is -19.6. The maximum atomic E-state index is 15.7. The Hall–Kier alpha value is -11.1. The van der Waals surface area contributed by atoms with Gasteiger partial charge in [0, 0.05) is 32.7 Å². The van der Waals surface area contributed by atoms with Crippen LogP contribution in [0.4, 0.5) is 31.1 Å². The fraction of sp³-hybridized carbons (Fsp3) is 0.632. The lowest BCUT2D eigenvalue weighted by molar-refractivity contribution is -0.193. The van der Waals surface area contributed by atoms with E-state index in [1.165, 1.54) is 44.2 Å². The van der Waals surface area contributed by atoms with E-state index in [0.29, 0.717) is 31.9 Å². The normalized spacial score (nSPS) is 22.0. The second-order valence-electron chi connectivity index (χ2n) is 30.2. The molecule has 122 heavy (non-hydrogen) atoms. The van der Waals surface area contributed by atoms with Crippen molar-refractivity contribution in [2.45, 2.75) is 218 Å². The van der Waals surface area contributed by atoms with Crippen molar-refractivity contribution in [1.29, 1.82) is 0 Å². The quantitative estimate of drug-likeness (QED) is 0.0135. The van der Waals surface area contributed by atoms with Gasteiger partial charge in [0.25, 0.3) is 5.91 Å². The Balaban J connectivity index is 0.00000329. The highest BCUT2D eigenvalue weighted by Crippen LogP contribution is 2.26. The van der Waals surface area contributed by atoms with E-state index < -0.39 is 223 Å². The molecule has 2 heterocycles. The molecule has 2 aliphatic rings. The van der Waals surface area contributed by atoms with Crippen LogP contribution in [0, 0.1) is 29.6 Å². The van der Waals surface area contributed by atoms with Gasteiger partial charge in [0.2, 0.25) is 59.1 Å². The van der Waals surface area contributed by atoms with Crippen molar-refractivity contribution in [3.63, 3.8) is 0 Å². The number of hydrogen-bond acceptors (Lipinski definition) is 24. The molecule has 0 unspecified atom stereocenters. The summed E-state index contributed by atoms with van der Waals surface area (Å²) < 4.78 is 80.4. The van der Waals surface area contributed by atoms with Crippen LogP contribution in [-0.4, -0.2) is 281 Å². The summed E-state index contributed by atoms with van der Waals surface area (Å²) in [5.74, 6) is -23.0. The number of amides is 12. The number of aliphatic imine (C=N–C) groups is 1. The molecule has 0 aliphatic carbocycles. The summed E-state index contributed by atoms with van der Waals surface area (Å²) in [5.41, 5.74) is 11.7. The molecule has 22 N–H and O–H groups in total. The van der Waals surface area contributed by atoms with Gasteiger partial charge >= 0.3 is 36.4 Å². The summed E-state index contributed by atoms with van der Waals surface area (Å²) in [6, 6.07) is -2.70. The number of alkyl carbamates (subject to hydrolysis) is 1. The van der Waals surface area contributed by atoms with Crippen molar-refractivity contribution in [2.24, 2.45) is 46.0 Å². The van der Waals surface area contributed by atoms with E-state index in [1.54, 1.807) is 85.7 Å². The molecule has 0 spiro atoms. The van der Waals surface area contributed by atoms with Crippen molar-refractivity contribution < 1.29 is 143 Å². The monoisotopic (exact) mass is 1750 g/mol. The standard InChI is InChI=1S/C72H114N16O20.2C2HF3O2/c1-12-42(10)52-65(99)85-53(43(11)90)64(98)77-35-51(91)83-55(58(93)69(103)75-26-27-88-28-30-106-31-29-88)67(101)81-50(36-89)70(104)108-59(45-22-17-14-18-23-45)56(87-63(97)48(33-39(4)5)79-62(96)49(34-40(6)7)82-72(105)107-37-44-20-15-13-16-21-44)68(102)86-54(57(92)41(8)9)66(100)80-47(32-38(2)3)61(95)78-46(60(94)84-52)24-19-25-76-71(73)74;2*3-2(4,5)1(6)7/h13-18,20-23,38-43,46-50,52-59,89-90,92-93H,12,19,24-37H2,1-11H3,(H,75,103)(H,77,98)(H,78,95)(H,79,96)(H,80,100)(H,81,101)(H,82,105)(H,83,91)(H,84,94)(H,85,99)(H,86,102)(H,87,97)(H4,73,74,76);2*(H,6,7)/t42-,43-,46+,47-,48-,49+,50-,52-,53-,54-,55-,56-,57+,58-,59+;;/m0../s1. The first-order valence-electron chi connectivity index (χ1n) is 39.1. The largest absolute Gasteiger partial charge is 0.490 e. The van der Waals surface area contributed by atoms with Crippen LogP contribution in [-0.2, 0) is 87.9 Å². The van der Waals surface area contributed by atoms with E-state index in [4.69, 9.17) is 45.5 Å². The lowest BCUT2D eigenvalue weighted by atomic mass is 9.95. The van der Waals surface area contributed by atoms with Crippen LogP contribution in [0.5, 0.6) is 0 Å². The molecule has 0 aromatic heterocycles. The minimum Gasteiger partial charge on any atom is -0.475 e. The van der Waals surface area contributed by atoms with Crippen LogP contribution >= 0.6 is 0 Å². The lowest BCUT2D eigenvalue weighted by Gasteiger charge is -2.34. The summed E-state index contributed by atoms with van der Waals surface area (Å²) in [7, 11) is 0. The third kappa shape index (κ3) is 39.2. The second-order valence-corrected chi connectivity index (χ2v) is 30.2. The van der Waals surface area contributed by atoms with E-state index in [-0.39, 0.29) is 82.2 Å². The SMILES string of the molecule is CC[C@H](C)[C@@H]1NC(=O)[C@@H](CCCN=C(N)N)NC(=O)[C@H](CC(C)C)NC(=O)[C@H]([C@H](O)C(C)C)NC(=O)[C@@H](NC(=O)[C@H](CC(C)C)NC(=O)[C@@H](CC(C)C)NC(=O)OCc2ccccc2)[C@@H](c2ccccc2)OC(=O)[C@H](CO)NC(=O)[C@H]([C@H](O)C(=O)NCCN2CCOCC2)NC(=O)CNC(=O)[C@H]([C@H](C)O)NC1=O.O=C(O)C(F)(F)F.O=C(O)C(F)(F)F. The fourth-order valence-corrected chi connectivity index (χ4v) is 11.5. The number of nitrogens with zero attached hydrogens (tertiary/aromatic N) is 2. The number of carbonyl (C=O) groups excluding carboxylic acids is 13. The minimum absolute atomic E-state index is 0.0246. The Bertz CT molecular complexity index is 3760. The Labute approximate surface area is 699 Å². The molecule has 15 atom stereocenters. The number of nitrogens with one attached hydrogen (secondary N) is 12. The van der Waals surface area contributed by atoms with Gasteiger partial charge in [-0.1, -0.05) is 136 Å². The molecule has 0 radical (unpaired) electrons. The average molecular weight is 1750 g/mol. The highest BCUT2D eigenvalue weighted by Gasteiger charge is 2.45. The first kappa shape index (κ1) is 107. The van der Waals surface area contributed by atoms with E-state index in [9.17, 15) is 94.7 Å². The maximum Gasteiger partial charge on any atom is 0.490 e. The molecule has 2 aliphatic heterocycles. The number of carboxylic acids is 2. The molecule has 0 saturated carbocycles. The van der Waals surface area contributed by atoms with Gasteiger partial charge in [0.15, 0.2) is 24.2 Å². The molecule has 0 bridgehead atoms. The average Bonchev–Trinajstić information content (AvgIpc) is 0.812. The number of aliphatic carboxylic acids is 2. The number of halogens is 6. The Kier molecular flexibility index (Phi) is 46.4. The first-order valence-corrected chi connectivity index (χ1v) is 39.1. The zero-order valence-electron chi connectivity index (χ0n) is 69.4. The summed E-state index contributed by atoms with van der Waals surface area (Å²) in [6.45, 7) is 16.9. The zero-order valence-corrected chi connectivity index (χ0v) is 69.4. The van der Waals surface area contributed by atoms with Gasteiger partial charge < -0.3 is 120 Å². The predicted molar refractivity (Wildman–Crippen MR) is 420 cm³/mol. The first-order chi connectivity index (χ1) is 56.9. The summed E-state index contributed by atoms with van der Waals surface area (Å²) >= 11 is 0. The summed E-state index contributed by atoms with van der Waals surface area (Å²) in [5, 5.41) is 89.5. The number of nitrogens with two attached hydrogens (primary N) is 2. The van der Waals surface area contributed by atoms with Crippen molar-refractivity contribution in [2.75, 3.05) is 59.1 Å². The third-order valence-electron chi connectivity index (χ3n) is 18.2. The number of carboxylic acid groups (broad SMARTS) is 2. The molecule has 2 aromatic rings. The van der Waals surface area contributed by atoms with Gasteiger partial charge in [0.1, 0.15) is 61.0 Å². The van der Waals surface area contributed by atoms with E-state index >= 15 is 14.4 Å². The van der Waals surface area contributed by atoms with Gasteiger partial charge in [-0.3, -0.25) is 62.6 Å². The van der Waals surface area contributed by atoms with E-state index in [1.807, 2.05) is 4.90 Å². The van der Waals surface area contributed by atoms with E-state index in [2.05, 4.69) is 68.8 Å². The molecular weight excluding hydrogens is 1630 g/mol. The Morgan fingerprint density at radius 3 is 1.61 bits per heavy atom. The number of guanidine groups is 1. The maximum absolute atomic E-state index is 15.7. The van der Waals surface area contributed by atoms with Crippen LogP contribution in [0.25, 0.3) is 0 Å². The van der Waals surface area contributed by atoms with Crippen molar-refractivity contribution in [3.8, 4) is 0 Å². The number of alkyl halides is 6. The topological polar surface area (TPSA) is 617 Å². The number of hydrogen-bond donors (Lipinski definition) is 20. The van der Waals surface area contributed by atoms with Crippen LogP contribution in [0.3, 0.4) is 0 Å². The fourth-order valence-electron chi connectivity index (χ4n) is 11.5. The molecule has 2 aromatic carbocycles. The number of aliphatic hydroxyl groups excluding tert-OH is 4. The molecule has 12 amide bonds. The molecule has 2 fully saturated rings. The van der Waals surface area contributed by atoms with Crippen LogP contribution in [0.1, 0.15) is 132 Å². The van der Waals surface area contributed by atoms with Crippen molar-refractivity contribution in [1.82, 2.24) is 68.7 Å². The van der Waals surface area contributed by atoms with Crippen molar-refractivity contribution in [3.05, 3.63) is 71.8 Å². The molecule has 4 rings (SSSR count). The van der Waals surface area contributed by atoms with Gasteiger partial charge in [0.05, 0.1) is 38.6 Å². The Morgan fingerprint density at radius 2 is 1.11 bits per heavy atom. The number of rotatable bonds is 29. The number of esters is 1. The molecule has 686 valence electrons. The molecule has 40 nitrogen and oxygen atoms in total. The van der Waals surface area contributed by atoms with Crippen LogP contribution in [0.15, 0.2) is 65.7 Å². The minimum atomic E-state index is -5.08. The van der Waals surface area contributed by atoms with Gasteiger partial charge in [-0.2, -0.15) is 26.3 Å². The molecular formula is C76H116F6N16O24. The number of carbonyl (C=O) groups is 15. The number of ether oxygens (including phenoxy) is 3. The highest BCUT2D eigenvalue weighted by molar-refractivity contribution is 6.00. The predicted octanol–water partition coefficient (Wildman–Crippen LogP) is -2.24. The van der Waals surface area contributed by atoms with Gasteiger partial charge in [-0.05, 0) is 79.7 Å². The number of morpholine rings is 1. The smallest absolute Gasteiger partial charge is 0.475 e. The van der Waals surface area contributed by atoms with Gasteiger partial charge in [-0.15, -0.1) is 0 Å². The summed E-state index contributed by atoms with van der Waals surface area (Å²) in [4.78, 5) is 213. The number of aliphatic hydroxyl groups is 4. The van der Waals surface area contributed by atoms with E-state index in [0.717, 1.165) is 6.92 Å². The third-order valence-corrected chi connectivity index (χ3v) is 18.2. The Morgan fingerprint density at radius 1 is 0.607 bits per heavy atom. The van der Waals surface area contributed by atoms with Crippen LogP contribution < -0.4 is 75.3 Å². The van der Waals surface area contributed by atoms with Gasteiger partial charge in [-0.25, -0.2) is 19.2 Å². The van der Waals surface area contributed by atoms with Crippen LogP contribution in [0.2, 0.25) is 0 Å². The number of benzene rings is 2. The zero-order chi connectivity index (χ0) is 92.6. The second kappa shape index (κ2) is 52.9. The van der Waals surface area contributed by atoms with Crippen molar-refractivity contribution >= 4 is 94.9 Å². The number of cyclic esters (lactones) is 1. The molecule has 2 saturated heterocycles. The lowest BCUT2D eigenvalue weighted by Crippen LogP contribution is -2.64. The molecule has 46 heteroatoms.